The molecule has 0 aliphatic rings. The predicted molar refractivity (Wildman–Crippen MR) is 54.5 cm³/mol. The highest BCUT2D eigenvalue weighted by Crippen LogP contribution is 2.08. The Balaban J connectivity index is 0.000000561. The molecule has 1 aromatic rings. The second-order valence-corrected chi connectivity index (χ2v) is 3.41. The Morgan fingerprint density at radius 3 is 2.25 bits per heavy atom. The second-order valence-electron chi connectivity index (χ2n) is 2.03. The highest BCUT2D eigenvalue weighted by Gasteiger charge is 1.94. The van der Waals surface area contributed by atoms with Gasteiger partial charge in [0.1, 0.15) is 0 Å². The van der Waals surface area contributed by atoms with Crippen molar-refractivity contribution in [2.45, 2.75) is 18.7 Å². The van der Waals surface area contributed by atoms with Crippen molar-refractivity contribution in [2.75, 3.05) is 12.0 Å². The fourth-order valence-corrected chi connectivity index (χ4v) is 1.27. The van der Waals surface area contributed by atoms with Crippen LogP contribution in [0.5, 0.6) is 0 Å². The first-order valence-corrected chi connectivity index (χ1v) is 5.45. The molecule has 68 valence electrons. The average molecular weight is 185 g/mol. The third-order valence-electron chi connectivity index (χ3n) is 1.19. The van der Waals surface area contributed by atoms with Crippen molar-refractivity contribution in [2.24, 2.45) is 0 Å². The highest BCUT2D eigenvalue weighted by molar-refractivity contribution is 7.84. The SMILES string of the molecule is CC.CS(=O)c1cccc(N)c1. The number of nitrogen functional groups attached to an aromatic ring is 1. The molecule has 0 saturated carbocycles. The van der Waals surface area contributed by atoms with Gasteiger partial charge >= 0.3 is 0 Å². The van der Waals surface area contributed by atoms with Gasteiger partial charge < -0.3 is 5.73 Å². The van der Waals surface area contributed by atoms with Crippen LogP contribution in [-0.2, 0) is 10.8 Å². The van der Waals surface area contributed by atoms with E-state index in [1.807, 2.05) is 13.8 Å². The molecule has 1 rings (SSSR count). The van der Waals surface area contributed by atoms with Gasteiger partial charge in [-0.2, -0.15) is 0 Å². The van der Waals surface area contributed by atoms with Crippen molar-refractivity contribution in [1.29, 1.82) is 0 Å². The molecule has 0 aliphatic heterocycles. The van der Waals surface area contributed by atoms with Gasteiger partial charge in [-0.15, -0.1) is 0 Å². The van der Waals surface area contributed by atoms with Crippen LogP contribution in [0.2, 0.25) is 0 Å². The number of anilines is 1. The summed E-state index contributed by atoms with van der Waals surface area (Å²) in [6, 6.07) is 7.09. The van der Waals surface area contributed by atoms with Crippen molar-refractivity contribution < 1.29 is 4.21 Å². The predicted octanol–water partition coefficient (Wildman–Crippen LogP) is 2.03. The highest BCUT2D eigenvalue weighted by atomic mass is 32.2. The van der Waals surface area contributed by atoms with Crippen LogP contribution in [0.15, 0.2) is 29.2 Å². The molecule has 1 unspecified atom stereocenters. The van der Waals surface area contributed by atoms with Crippen LogP contribution in [0, 0.1) is 0 Å². The van der Waals surface area contributed by atoms with E-state index in [1.165, 1.54) is 0 Å². The first-order valence-electron chi connectivity index (χ1n) is 3.89. The molecular weight excluding hydrogens is 170 g/mol. The van der Waals surface area contributed by atoms with Gasteiger partial charge in [0.25, 0.3) is 0 Å². The Hall–Kier alpha value is -0.830. The van der Waals surface area contributed by atoms with E-state index in [4.69, 9.17) is 5.73 Å². The number of benzene rings is 1. The molecule has 2 nitrogen and oxygen atoms in total. The summed E-state index contributed by atoms with van der Waals surface area (Å²) in [6.45, 7) is 4.00. The lowest BCUT2D eigenvalue weighted by atomic mass is 10.3. The van der Waals surface area contributed by atoms with Gasteiger partial charge in [0.2, 0.25) is 0 Å². The van der Waals surface area contributed by atoms with Crippen LogP contribution >= 0.6 is 0 Å². The first-order chi connectivity index (χ1) is 5.70. The van der Waals surface area contributed by atoms with E-state index in [-0.39, 0.29) is 0 Å². The molecule has 0 spiro atoms. The zero-order valence-electron chi connectivity index (χ0n) is 7.70. The Morgan fingerprint density at radius 1 is 1.33 bits per heavy atom. The van der Waals surface area contributed by atoms with Gasteiger partial charge in [-0.3, -0.25) is 4.21 Å². The largest absolute Gasteiger partial charge is 0.399 e. The summed E-state index contributed by atoms with van der Waals surface area (Å²) >= 11 is 0. The van der Waals surface area contributed by atoms with Crippen LogP contribution < -0.4 is 5.73 Å². The maximum absolute atomic E-state index is 10.9. The second kappa shape index (κ2) is 5.77. The van der Waals surface area contributed by atoms with Gasteiger partial charge in [0.05, 0.1) is 0 Å². The van der Waals surface area contributed by atoms with Crippen molar-refractivity contribution in [1.82, 2.24) is 0 Å². The molecule has 1 aromatic carbocycles. The van der Waals surface area contributed by atoms with E-state index in [9.17, 15) is 4.21 Å². The molecule has 0 amide bonds. The van der Waals surface area contributed by atoms with Gasteiger partial charge in [0, 0.05) is 27.6 Å². The quantitative estimate of drug-likeness (QED) is 0.680. The van der Waals surface area contributed by atoms with E-state index in [0.29, 0.717) is 5.69 Å². The van der Waals surface area contributed by atoms with Crippen molar-refractivity contribution in [3.05, 3.63) is 24.3 Å². The zero-order chi connectivity index (χ0) is 9.56. The first kappa shape index (κ1) is 11.2. The van der Waals surface area contributed by atoms with Crippen molar-refractivity contribution in [3.63, 3.8) is 0 Å². The summed E-state index contributed by atoms with van der Waals surface area (Å²) in [5.74, 6) is 0. The van der Waals surface area contributed by atoms with Crippen molar-refractivity contribution >= 4 is 16.5 Å². The van der Waals surface area contributed by atoms with Gasteiger partial charge in [0.15, 0.2) is 0 Å². The Morgan fingerprint density at radius 2 is 1.92 bits per heavy atom. The molecule has 0 aliphatic carbocycles. The van der Waals surface area contributed by atoms with Crippen LogP contribution in [0.25, 0.3) is 0 Å². The molecule has 0 fully saturated rings. The molecule has 0 radical (unpaired) electrons. The van der Waals surface area contributed by atoms with Crippen LogP contribution in [0.1, 0.15) is 13.8 Å². The molecule has 0 heterocycles. The normalized spacial score (nSPS) is 11.2. The standard InChI is InChI=1S/C7H9NOS.C2H6/c1-10(9)7-4-2-3-6(8)5-7;1-2/h2-5H,8H2,1H3;1-2H3. The van der Waals surface area contributed by atoms with Crippen LogP contribution in [-0.4, -0.2) is 10.5 Å². The maximum Gasteiger partial charge on any atom is 0.0498 e. The van der Waals surface area contributed by atoms with Crippen LogP contribution in [0.4, 0.5) is 5.69 Å². The Labute approximate surface area is 76.2 Å². The molecule has 3 heteroatoms. The number of rotatable bonds is 1. The van der Waals surface area contributed by atoms with Gasteiger partial charge in [-0.05, 0) is 18.2 Å². The van der Waals surface area contributed by atoms with Crippen molar-refractivity contribution in [3.8, 4) is 0 Å². The molecule has 1 atom stereocenters. The smallest absolute Gasteiger partial charge is 0.0498 e. The fourth-order valence-electron chi connectivity index (χ4n) is 0.693. The summed E-state index contributed by atoms with van der Waals surface area (Å²) in [5.41, 5.74) is 6.12. The maximum atomic E-state index is 10.9. The lowest BCUT2D eigenvalue weighted by molar-refractivity contribution is 0.687. The minimum atomic E-state index is -0.919. The minimum absolute atomic E-state index is 0.660. The molecule has 0 aromatic heterocycles. The lowest BCUT2D eigenvalue weighted by Crippen LogP contribution is -1.89. The molecule has 2 N–H and O–H groups in total. The molecule has 0 saturated heterocycles. The van der Waals surface area contributed by atoms with Gasteiger partial charge in [-0.25, -0.2) is 0 Å². The monoisotopic (exact) mass is 185 g/mol. The third-order valence-corrected chi connectivity index (χ3v) is 2.11. The van der Waals surface area contributed by atoms with E-state index in [0.717, 1.165) is 4.90 Å². The summed E-state index contributed by atoms with van der Waals surface area (Å²) in [6.07, 6.45) is 1.63. The fraction of sp³-hybridized carbons (Fsp3) is 0.333. The van der Waals surface area contributed by atoms with E-state index >= 15 is 0 Å². The summed E-state index contributed by atoms with van der Waals surface area (Å²) < 4.78 is 10.9. The molecule has 0 bridgehead atoms. The third kappa shape index (κ3) is 3.53. The Kier molecular flexibility index (Phi) is 5.37. The van der Waals surface area contributed by atoms with E-state index < -0.39 is 10.8 Å². The number of nitrogens with two attached hydrogens (primary N) is 1. The number of hydrogen-bond donors (Lipinski definition) is 1. The summed E-state index contributed by atoms with van der Waals surface area (Å²) in [7, 11) is -0.919. The Bertz CT molecular complexity index is 260. The lowest BCUT2D eigenvalue weighted by Gasteiger charge is -1.95. The van der Waals surface area contributed by atoms with E-state index in [1.54, 1.807) is 30.5 Å². The minimum Gasteiger partial charge on any atom is -0.399 e. The molecular formula is C9H15NOS. The van der Waals surface area contributed by atoms with Crippen LogP contribution in [0.3, 0.4) is 0 Å². The van der Waals surface area contributed by atoms with Gasteiger partial charge in [-0.1, -0.05) is 19.9 Å². The number of hydrogen-bond acceptors (Lipinski definition) is 2. The average Bonchev–Trinajstić information content (AvgIpc) is 2.08. The summed E-state index contributed by atoms with van der Waals surface area (Å²) in [5, 5.41) is 0. The topological polar surface area (TPSA) is 43.1 Å². The summed E-state index contributed by atoms with van der Waals surface area (Å²) in [4.78, 5) is 0.778. The zero-order valence-corrected chi connectivity index (χ0v) is 8.52. The molecule has 12 heavy (non-hydrogen) atoms. The van der Waals surface area contributed by atoms with E-state index in [2.05, 4.69) is 0 Å².